The van der Waals surface area contributed by atoms with Crippen molar-refractivity contribution in [1.82, 2.24) is 4.31 Å². The first-order chi connectivity index (χ1) is 9.48. The van der Waals surface area contributed by atoms with Crippen molar-refractivity contribution >= 4 is 33.4 Å². The fraction of sp³-hybridized carbons (Fsp3) is 0.538. The summed E-state index contributed by atoms with van der Waals surface area (Å²) >= 11 is 7.83. The van der Waals surface area contributed by atoms with Gasteiger partial charge in [0, 0.05) is 35.7 Å². The molecule has 1 aromatic carbocycles. The number of benzene rings is 1. The van der Waals surface area contributed by atoms with Gasteiger partial charge in [-0.2, -0.15) is 16.1 Å². The van der Waals surface area contributed by atoms with Gasteiger partial charge in [-0.3, -0.25) is 0 Å². The van der Waals surface area contributed by atoms with Crippen LogP contribution in [-0.4, -0.2) is 36.8 Å². The Kier molecular flexibility index (Phi) is 5.36. The van der Waals surface area contributed by atoms with E-state index in [0.717, 1.165) is 12.2 Å². The van der Waals surface area contributed by atoms with Gasteiger partial charge in [0.25, 0.3) is 0 Å². The summed E-state index contributed by atoms with van der Waals surface area (Å²) in [6.45, 7) is 3.45. The third kappa shape index (κ3) is 3.31. The first kappa shape index (κ1) is 16.1. The Balaban J connectivity index is 2.30. The van der Waals surface area contributed by atoms with E-state index in [1.807, 2.05) is 11.8 Å². The minimum atomic E-state index is -3.45. The van der Waals surface area contributed by atoms with Crippen LogP contribution in [-0.2, 0) is 16.6 Å². The van der Waals surface area contributed by atoms with E-state index < -0.39 is 10.0 Å². The van der Waals surface area contributed by atoms with Crippen molar-refractivity contribution in [2.45, 2.75) is 30.0 Å². The van der Waals surface area contributed by atoms with E-state index in [9.17, 15) is 8.42 Å². The van der Waals surface area contributed by atoms with Gasteiger partial charge in [0.15, 0.2) is 0 Å². The highest BCUT2D eigenvalue weighted by Gasteiger charge is 2.30. The molecule has 0 bridgehead atoms. The highest BCUT2D eigenvalue weighted by molar-refractivity contribution is 8.00. The summed E-state index contributed by atoms with van der Waals surface area (Å²) in [5.41, 5.74) is 6.25. The third-order valence-electron chi connectivity index (χ3n) is 3.43. The molecule has 7 heteroatoms. The molecule has 112 valence electrons. The molecule has 4 nitrogen and oxygen atoms in total. The lowest BCUT2D eigenvalue weighted by atomic mass is 10.2. The van der Waals surface area contributed by atoms with E-state index in [2.05, 4.69) is 6.92 Å². The Morgan fingerprint density at radius 2 is 2.25 bits per heavy atom. The average molecular weight is 335 g/mol. The molecule has 0 aliphatic carbocycles. The molecular weight excluding hydrogens is 316 g/mol. The molecule has 1 unspecified atom stereocenters. The fourth-order valence-corrected chi connectivity index (χ4v) is 5.30. The van der Waals surface area contributed by atoms with Gasteiger partial charge < -0.3 is 5.73 Å². The van der Waals surface area contributed by atoms with Crippen LogP contribution in [0.1, 0.15) is 18.9 Å². The van der Waals surface area contributed by atoms with Crippen LogP contribution in [0.25, 0.3) is 0 Å². The first-order valence-electron chi connectivity index (χ1n) is 6.59. The van der Waals surface area contributed by atoms with Crippen molar-refractivity contribution < 1.29 is 8.42 Å². The monoisotopic (exact) mass is 334 g/mol. The summed E-state index contributed by atoms with van der Waals surface area (Å²) < 4.78 is 26.9. The second-order valence-electron chi connectivity index (χ2n) is 4.72. The fourth-order valence-electron chi connectivity index (χ4n) is 2.17. The van der Waals surface area contributed by atoms with Crippen molar-refractivity contribution in [2.24, 2.45) is 5.73 Å². The normalized spacial score (nSPS) is 21.1. The predicted octanol–water partition coefficient (Wildman–Crippen LogP) is 2.31. The molecule has 1 aromatic rings. The van der Waals surface area contributed by atoms with Crippen LogP contribution in [0.4, 0.5) is 0 Å². The molecule has 0 saturated carbocycles. The lowest BCUT2D eigenvalue weighted by Gasteiger charge is -2.31. The Morgan fingerprint density at radius 3 is 2.90 bits per heavy atom. The van der Waals surface area contributed by atoms with E-state index in [-0.39, 0.29) is 11.4 Å². The largest absolute Gasteiger partial charge is 0.326 e. The van der Waals surface area contributed by atoms with Crippen LogP contribution in [0.15, 0.2) is 23.1 Å². The maximum atomic E-state index is 12.7. The molecular formula is C13H19ClN2O2S2. The van der Waals surface area contributed by atoms with Gasteiger partial charge >= 0.3 is 0 Å². The number of rotatable bonds is 4. The lowest BCUT2D eigenvalue weighted by Crippen LogP contribution is -2.41. The Morgan fingerprint density at radius 1 is 1.50 bits per heavy atom. The zero-order valence-corrected chi connectivity index (χ0v) is 13.8. The third-order valence-corrected chi connectivity index (χ3v) is 7.03. The molecule has 1 atom stereocenters. The number of halogens is 1. The molecule has 20 heavy (non-hydrogen) atoms. The topological polar surface area (TPSA) is 63.4 Å². The van der Waals surface area contributed by atoms with Crippen LogP contribution >= 0.6 is 23.4 Å². The molecule has 0 spiro atoms. The Bertz CT molecular complexity index is 578. The van der Waals surface area contributed by atoms with Crippen molar-refractivity contribution in [2.75, 3.05) is 18.8 Å². The maximum absolute atomic E-state index is 12.7. The molecule has 2 N–H and O–H groups in total. The smallest absolute Gasteiger partial charge is 0.243 e. The van der Waals surface area contributed by atoms with E-state index in [0.29, 0.717) is 28.9 Å². The molecule has 1 heterocycles. The molecule has 1 saturated heterocycles. The summed E-state index contributed by atoms with van der Waals surface area (Å²) in [6, 6.07) is 4.74. The molecule has 0 radical (unpaired) electrons. The molecule has 2 rings (SSSR count). The van der Waals surface area contributed by atoms with E-state index >= 15 is 0 Å². The number of nitrogens with zero attached hydrogens (tertiary/aromatic N) is 1. The van der Waals surface area contributed by atoms with Crippen molar-refractivity contribution in [1.29, 1.82) is 0 Å². The number of hydrogen-bond acceptors (Lipinski definition) is 4. The summed E-state index contributed by atoms with van der Waals surface area (Å²) in [6.07, 6.45) is 0.978. The quantitative estimate of drug-likeness (QED) is 0.917. The van der Waals surface area contributed by atoms with Crippen LogP contribution in [0.2, 0.25) is 5.02 Å². The van der Waals surface area contributed by atoms with E-state index in [4.69, 9.17) is 17.3 Å². The van der Waals surface area contributed by atoms with Gasteiger partial charge in [-0.1, -0.05) is 18.5 Å². The van der Waals surface area contributed by atoms with E-state index in [1.165, 1.54) is 0 Å². The van der Waals surface area contributed by atoms with Gasteiger partial charge in [-0.05, 0) is 30.2 Å². The van der Waals surface area contributed by atoms with Crippen molar-refractivity contribution in [3.63, 3.8) is 0 Å². The number of hydrogen-bond donors (Lipinski definition) is 1. The standard InChI is InChI=1S/C13H19ClN2O2S2/c1-2-11-9-16(5-6-19-11)20(17,18)12-3-4-13(14)10(7-12)8-15/h3-4,7,11H,2,5-6,8-9,15H2,1H3. The van der Waals surface area contributed by atoms with Gasteiger partial charge in [-0.15, -0.1) is 0 Å². The average Bonchev–Trinajstić information content (AvgIpc) is 2.47. The summed E-state index contributed by atoms with van der Waals surface area (Å²) in [5.74, 6) is 0.842. The van der Waals surface area contributed by atoms with Crippen LogP contribution < -0.4 is 5.73 Å². The molecule has 0 aromatic heterocycles. The zero-order chi connectivity index (χ0) is 14.8. The van der Waals surface area contributed by atoms with Gasteiger partial charge in [0.1, 0.15) is 0 Å². The Labute approximate surface area is 129 Å². The predicted molar refractivity (Wildman–Crippen MR) is 84.6 cm³/mol. The van der Waals surface area contributed by atoms with Crippen molar-refractivity contribution in [3.8, 4) is 0 Å². The van der Waals surface area contributed by atoms with Gasteiger partial charge in [-0.25, -0.2) is 8.42 Å². The van der Waals surface area contributed by atoms with Crippen LogP contribution in [0, 0.1) is 0 Å². The second-order valence-corrected chi connectivity index (χ2v) is 8.47. The van der Waals surface area contributed by atoms with Crippen LogP contribution in [0.5, 0.6) is 0 Å². The minimum Gasteiger partial charge on any atom is -0.326 e. The molecule has 1 fully saturated rings. The Hall–Kier alpha value is -0.270. The highest BCUT2D eigenvalue weighted by Crippen LogP contribution is 2.27. The highest BCUT2D eigenvalue weighted by atomic mass is 35.5. The molecule has 1 aliphatic rings. The number of nitrogens with two attached hydrogens (primary N) is 1. The molecule has 0 amide bonds. The minimum absolute atomic E-state index is 0.232. The summed E-state index contributed by atoms with van der Waals surface area (Å²) in [5, 5.41) is 0.881. The number of sulfonamides is 1. The zero-order valence-electron chi connectivity index (χ0n) is 11.4. The number of thioether (sulfide) groups is 1. The second kappa shape index (κ2) is 6.66. The van der Waals surface area contributed by atoms with Gasteiger partial charge in [0.05, 0.1) is 4.90 Å². The SMILES string of the molecule is CCC1CN(S(=O)(=O)c2ccc(Cl)c(CN)c2)CCS1. The van der Waals surface area contributed by atoms with E-state index in [1.54, 1.807) is 22.5 Å². The van der Waals surface area contributed by atoms with Crippen LogP contribution in [0.3, 0.4) is 0 Å². The summed E-state index contributed by atoms with van der Waals surface area (Å²) in [4.78, 5) is 0.282. The lowest BCUT2D eigenvalue weighted by molar-refractivity contribution is 0.416. The van der Waals surface area contributed by atoms with Crippen molar-refractivity contribution in [3.05, 3.63) is 28.8 Å². The first-order valence-corrected chi connectivity index (χ1v) is 9.46. The maximum Gasteiger partial charge on any atom is 0.243 e. The van der Waals surface area contributed by atoms with Gasteiger partial charge in [0.2, 0.25) is 10.0 Å². The summed E-state index contributed by atoms with van der Waals surface area (Å²) in [7, 11) is -3.45. The molecule has 1 aliphatic heterocycles.